The van der Waals surface area contributed by atoms with Gasteiger partial charge in [0, 0.05) is 23.4 Å². The van der Waals surface area contributed by atoms with E-state index in [0.29, 0.717) is 6.04 Å². The number of rotatable bonds is 3. The summed E-state index contributed by atoms with van der Waals surface area (Å²) >= 11 is 0. The van der Waals surface area contributed by atoms with Crippen LogP contribution >= 0.6 is 0 Å². The second-order valence-corrected chi connectivity index (χ2v) is 6.97. The molecule has 1 fully saturated rings. The first-order chi connectivity index (χ1) is 11.6. The summed E-state index contributed by atoms with van der Waals surface area (Å²) in [7, 11) is 0. The van der Waals surface area contributed by atoms with Gasteiger partial charge in [-0.05, 0) is 39.2 Å². The van der Waals surface area contributed by atoms with Crippen molar-refractivity contribution < 1.29 is 0 Å². The summed E-state index contributed by atoms with van der Waals surface area (Å²) in [5.74, 6) is 1.06. The molecule has 0 radical (unpaired) electrons. The molecule has 0 bridgehead atoms. The molecule has 0 saturated heterocycles. The van der Waals surface area contributed by atoms with E-state index in [1.165, 1.54) is 36.8 Å². The highest BCUT2D eigenvalue weighted by Crippen LogP contribution is 2.30. The maximum atomic E-state index is 4.79. The van der Waals surface area contributed by atoms with Crippen molar-refractivity contribution in [2.24, 2.45) is 0 Å². The van der Waals surface area contributed by atoms with E-state index in [0.717, 1.165) is 28.4 Å². The van der Waals surface area contributed by atoms with Crippen LogP contribution in [-0.4, -0.2) is 20.6 Å². The van der Waals surface area contributed by atoms with Crippen LogP contribution in [0.25, 0.3) is 16.8 Å². The van der Waals surface area contributed by atoms with Crippen LogP contribution in [0.4, 0.5) is 5.82 Å². The first-order valence-corrected chi connectivity index (χ1v) is 8.82. The summed E-state index contributed by atoms with van der Waals surface area (Å²) < 4.78 is 1.98. The largest absolute Gasteiger partial charge is 0.367 e. The van der Waals surface area contributed by atoms with Crippen LogP contribution in [-0.2, 0) is 0 Å². The molecule has 4 heteroatoms. The maximum Gasteiger partial charge on any atom is 0.165 e. The van der Waals surface area contributed by atoms with Crippen LogP contribution in [0, 0.1) is 20.8 Å². The average Bonchev–Trinajstić information content (AvgIpc) is 3.16. The summed E-state index contributed by atoms with van der Waals surface area (Å²) in [6.45, 7) is 6.23. The van der Waals surface area contributed by atoms with Gasteiger partial charge in [0.2, 0.25) is 0 Å². The van der Waals surface area contributed by atoms with E-state index in [1.807, 2.05) is 4.52 Å². The highest BCUT2D eigenvalue weighted by Gasteiger charge is 2.19. The van der Waals surface area contributed by atoms with Crippen LogP contribution in [0.15, 0.2) is 30.3 Å². The molecule has 0 atom stereocenters. The molecular formula is C20H24N4. The Balaban J connectivity index is 1.85. The fourth-order valence-corrected chi connectivity index (χ4v) is 3.68. The second-order valence-electron chi connectivity index (χ2n) is 6.97. The fraction of sp³-hybridized carbons (Fsp3) is 0.400. The Bertz CT molecular complexity index is 871. The van der Waals surface area contributed by atoms with E-state index in [1.54, 1.807) is 0 Å². The second kappa shape index (κ2) is 5.93. The van der Waals surface area contributed by atoms with Crippen molar-refractivity contribution in [3.05, 3.63) is 47.3 Å². The lowest BCUT2D eigenvalue weighted by atomic mass is 10.0. The van der Waals surface area contributed by atoms with Gasteiger partial charge in [0.05, 0.1) is 5.69 Å². The zero-order valence-corrected chi connectivity index (χ0v) is 14.6. The van der Waals surface area contributed by atoms with Crippen LogP contribution in [0.1, 0.15) is 42.6 Å². The number of aryl methyl sites for hydroxylation is 3. The van der Waals surface area contributed by atoms with Crippen molar-refractivity contribution in [1.82, 2.24) is 14.6 Å². The number of hydrogen-bond acceptors (Lipinski definition) is 3. The number of hydrogen-bond donors (Lipinski definition) is 1. The van der Waals surface area contributed by atoms with Gasteiger partial charge in [0.1, 0.15) is 5.82 Å². The molecule has 24 heavy (non-hydrogen) atoms. The summed E-state index contributed by atoms with van der Waals surface area (Å²) in [5.41, 5.74) is 6.56. The van der Waals surface area contributed by atoms with Crippen molar-refractivity contribution in [2.45, 2.75) is 52.5 Å². The molecule has 1 aromatic carbocycles. The first kappa shape index (κ1) is 15.2. The van der Waals surface area contributed by atoms with E-state index in [2.05, 4.69) is 56.4 Å². The molecule has 0 spiro atoms. The summed E-state index contributed by atoms with van der Waals surface area (Å²) in [5, 5.41) is 8.47. The van der Waals surface area contributed by atoms with Crippen molar-refractivity contribution in [3.8, 4) is 11.1 Å². The lowest BCUT2D eigenvalue weighted by Gasteiger charge is -2.15. The zero-order chi connectivity index (χ0) is 16.7. The van der Waals surface area contributed by atoms with Crippen molar-refractivity contribution in [3.63, 3.8) is 0 Å². The van der Waals surface area contributed by atoms with Crippen LogP contribution in [0.5, 0.6) is 0 Å². The van der Waals surface area contributed by atoms with Crippen molar-refractivity contribution in [2.75, 3.05) is 5.32 Å². The molecular weight excluding hydrogens is 296 g/mol. The fourth-order valence-electron chi connectivity index (χ4n) is 3.68. The number of nitrogens with one attached hydrogen (secondary N) is 1. The van der Waals surface area contributed by atoms with Gasteiger partial charge in [0.25, 0.3) is 0 Å². The Kier molecular flexibility index (Phi) is 3.75. The van der Waals surface area contributed by atoms with Crippen LogP contribution in [0.3, 0.4) is 0 Å². The maximum absolute atomic E-state index is 4.79. The average molecular weight is 320 g/mol. The van der Waals surface area contributed by atoms with Gasteiger partial charge in [-0.2, -0.15) is 9.61 Å². The lowest BCUT2D eigenvalue weighted by Crippen LogP contribution is -2.17. The summed E-state index contributed by atoms with van der Waals surface area (Å²) in [4.78, 5) is 4.79. The highest BCUT2D eigenvalue weighted by molar-refractivity contribution is 5.81. The quantitative estimate of drug-likeness (QED) is 0.762. The number of aromatic nitrogens is 3. The normalized spacial score (nSPS) is 15.3. The zero-order valence-electron chi connectivity index (χ0n) is 14.6. The molecule has 124 valence electrons. The summed E-state index contributed by atoms with van der Waals surface area (Å²) in [6.07, 6.45) is 5.12. The number of anilines is 1. The topological polar surface area (TPSA) is 42.2 Å². The standard InChI is InChI=1S/C20H24N4/c1-13-8-10-16(11-9-13)19-15(3)23-24-18(12-14(2)21-20(19)24)22-17-6-4-5-7-17/h8-12,17,22H,4-7H2,1-3H3. The molecule has 0 aliphatic heterocycles. The monoisotopic (exact) mass is 320 g/mol. The smallest absolute Gasteiger partial charge is 0.165 e. The van der Waals surface area contributed by atoms with Crippen LogP contribution < -0.4 is 5.32 Å². The Hall–Kier alpha value is -2.36. The third-order valence-electron chi connectivity index (χ3n) is 4.94. The molecule has 0 unspecified atom stereocenters. The minimum Gasteiger partial charge on any atom is -0.367 e. The molecule has 4 rings (SSSR count). The molecule has 1 aliphatic carbocycles. The predicted octanol–water partition coefficient (Wildman–Crippen LogP) is 4.68. The van der Waals surface area contributed by atoms with E-state index >= 15 is 0 Å². The minimum atomic E-state index is 0.558. The minimum absolute atomic E-state index is 0.558. The lowest BCUT2D eigenvalue weighted by molar-refractivity contribution is 0.738. The van der Waals surface area contributed by atoms with Gasteiger partial charge in [-0.1, -0.05) is 42.7 Å². The Labute approximate surface area is 142 Å². The van der Waals surface area contributed by atoms with Crippen molar-refractivity contribution in [1.29, 1.82) is 0 Å². The number of benzene rings is 1. The Morgan fingerprint density at radius 1 is 1.04 bits per heavy atom. The van der Waals surface area contributed by atoms with Crippen LogP contribution in [0.2, 0.25) is 0 Å². The van der Waals surface area contributed by atoms with E-state index in [9.17, 15) is 0 Å². The number of fused-ring (bicyclic) bond motifs is 1. The molecule has 4 nitrogen and oxygen atoms in total. The van der Waals surface area contributed by atoms with Gasteiger partial charge in [-0.25, -0.2) is 4.98 Å². The summed E-state index contributed by atoms with van der Waals surface area (Å²) in [6, 6.07) is 11.3. The third-order valence-corrected chi connectivity index (χ3v) is 4.94. The number of nitrogens with zero attached hydrogens (tertiary/aromatic N) is 3. The van der Waals surface area contributed by atoms with Gasteiger partial charge in [-0.3, -0.25) is 0 Å². The van der Waals surface area contributed by atoms with Gasteiger partial charge in [-0.15, -0.1) is 0 Å². The molecule has 2 heterocycles. The van der Waals surface area contributed by atoms with Gasteiger partial charge in [0.15, 0.2) is 5.65 Å². The Morgan fingerprint density at radius 3 is 2.46 bits per heavy atom. The van der Waals surface area contributed by atoms with Gasteiger partial charge >= 0.3 is 0 Å². The molecule has 3 aromatic rings. The third kappa shape index (κ3) is 2.66. The van der Waals surface area contributed by atoms with E-state index in [4.69, 9.17) is 10.1 Å². The molecule has 1 saturated carbocycles. The van der Waals surface area contributed by atoms with Gasteiger partial charge < -0.3 is 5.32 Å². The molecule has 2 aromatic heterocycles. The van der Waals surface area contributed by atoms with E-state index < -0.39 is 0 Å². The SMILES string of the molecule is Cc1ccc(-c2c(C)nn3c(NC4CCCC4)cc(C)nc23)cc1. The van der Waals surface area contributed by atoms with E-state index in [-0.39, 0.29) is 0 Å². The highest BCUT2D eigenvalue weighted by atomic mass is 15.3. The first-order valence-electron chi connectivity index (χ1n) is 8.82. The van der Waals surface area contributed by atoms with Crippen molar-refractivity contribution >= 4 is 11.5 Å². The molecule has 1 N–H and O–H groups in total. The predicted molar refractivity (Wildman–Crippen MR) is 98.5 cm³/mol. The molecule has 1 aliphatic rings. The Morgan fingerprint density at radius 2 is 1.75 bits per heavy atom. The molecule has 0 amide bonds.